The SMILES string of the molecule is Cc1ccc(S(=O)O)c2c1CCN(C(=O)C(F)(F)F)C2. The molecule has 2 rings (SSSR count). The first-order valence-corrected chi connectivity index (χ1v) is 6.91. The predicted octanol–water partition coefficient (Wildman–Crippen LogP) is 2.02. The molecule has 1 unspecified atom stereocenters. The van der Waals surface area contributed by atoms with Gasteiger partial charge < -0.3 is 9.45 Å². The van der Waals surface area contributed by atoms with Crippen LogP contribution in [0.25, 0.3) is 0 Å². The maximum Gasteiger partial charge on any atom is 0.471 e. The largest absolute Gasteiger partial charge is 0.471 e. The Morgan fingerprint density at radius 2 is 2.00 bits per heavy atom. The Bertz CT molecular complexity index is 586. The number of rotatable bonds is 1. The Morgan fingerprint density at radius 3 is 2.55 bits per heavy atom. The van der Waals surface area contributed by atoms with E-state index in [0.717, 1.165) is 11.1 Å². The van der Waals surface area contributed by atoms with Gasteiger partial charge in [0.2, 0.25) is 0 Å². The fraction of sp³-hybridized carbons (Fsp3) is 0.417. The van der Waals surface area contributed by atoms with Gasteiger partial charge in [-0.3, -0.25) is 4.79 Å². The van der Waals surface area contributed by atoms with Crippen LogP contribution in [-0.2, 0) is 28.8 Å². The summed E-state index contributed by atoms with van der Waals surface area (Å²) in [5.41, 5.74) is 1.93. The van der Waals surface area contributed by atoms with E-state index in [-0.39, 0.29) is 24.4 Å². The van der Waals surface area contributed by atoms with Gasteiger partial charge in [-0.1, -0.05) is 6.07 Å². The number of carbonyl (C=O) groups is 1. The van der Waals surface area contributed by atoms with Gasteiger partial charge >= 0.3 is 12.1 Å². The molecule has 0 saturated carbocycles. The normalized spacial score (nSPS) is 16.8. The summed E-state index contributed by atoms with van der Waals surface area (Å²) in [5, 5.41) is 0. The van der Waals surface area contributed by atoms with Crippen LogP contribution in [0.5, 0.6) is 0 Å². The fourth-order valence-electron chi connectivity index (χ4n) is 2.34. The van der Waals surface area contributed by atoms with Crippen molar-refractivity contribution in [3.63, 3.8) is 0 Å². The van der Waals surface area contributed by atoms with Gasteiger partial charge in [0.15, 0.2) is 11.1 Å². The lowest BCUT2D eigenvalue weighted by Crippen LogP contribution is -2.44. The standard InChI is InChI=1S/C12H12F3NO3S/c1-7-2-3-10(20(18)19)9-6-16(5-4-8(7)9)11(17)12(13,14)15/h2-3H,4-6H2,1H3,(H,18,19). The molecule has 1 amide bonds. The van der Waals surface area contributed by atoms with Gasteiger partial charge in [-0.05, 0) is 36.1 Å². The third-order valence-corrected chi connectivity index (χ3v) is 4.08. The third kappa shape index (κ3) is 2.71. The topological polar surface area (TPSA) is 57.6 Å². The van der Waals surface area contributed by atoms with E-state index in [0.29, 0.717) is 10.5 Å². The van der Waals surface area contributed by atoms with Crippen molar-refractivity contribution in [1.82, 2.24) is 4.90 Å². The van der Waals surface area contributed by atoms with Crippen LogP contribution in [0.15, 0.2) is 17.0 Å². The lowest BCUT2D eigenvalue weighted by atomic mass is 9.95. The van der Waals surface area contributed by atoms with E-state index < -0.39 is 23.2 Å². The minimum absolute atomic E-state index is 0.0479. The van der Waals surface area contributed by atoms with Gasteiger partial charge in [0.1, 0.15) is 0 Å². The van der Waals surface area contributed by atoms with Crippen molar-refractivity contribution in [2.75, 3.05) is 6.54 Å². The molecule has 0 fully saturated rings. The lowest BCUT2D eigenvalue weighted by molar-refractivity contribution is -0.186. The second kappa shape index (κ2) is 5.17. The van der Waals surface area contributed by atoms with Crippen LogP contribution < -0.4 is 0 Å². The minimum atomic E-state index is -4.93. The zero-order valence-electron chi connectivity index (χ0n) is 10.5. The molecule has 1 N–H and O–H groups in total. The highest BCUT2D eigenvalue weighted by Crippen LogP contribution is 2.29. The van der Waals surface area contributed by atoms with Crippen molar-refractivity contribution in [1.29, 1.82) is 0 Å². The second-order valence-corrected chi connectivity index (χ2v) is 5.50. The van der Waals surface area contributed by atoms with E-state index in [2.05, 4.69) is 0 Å². The molecule has 0 saturated heterocycles. The van der Waals surface area contributed by atoms with E-state index in [1.807, 2.05) is 0 Å². The van der Waals surface area contributed by atoms with Gasteiger partial charge in [-0.15, -0.1) is 0 Å². The molecule has 0 aliphatic carbocycles. The van der Waals surface area contributed by atoms with Gasteiger partial charge in [-0.2, -0.15) is 13.2 Å². The summed E-state index contributed by atoms with van der Waals surface area (Å²) in [6, 6.07) is 3.06. The van der Waals surface area contributed by atoms with Crippen LogP contribution in [0.3, 0.4) is 0 Å². The molecule has 0 aromatic heterocycles. The van der Waals surface area contributed by atoms with E-state index in [9.17, 15) is 26.7 Å². The molecular formula is C12H12F3NO3S. The maximum absolute atomic E-state index is 12.4. The number of hydrogen-bond donors (Lipinski definition) is 1. The van der Waals surface area contributed by atoms with E-state index in [1.165, 1.54) is 6.07 Å². The zero-order chi connectivity index (χ0) is 15.1. The first kappa shape index (κ1) is 15.0. The minimum Gasteiger partial charge on any atom is -0.330 e. The van der Waals surface area contributed by atoms with Crippen molar-refractivity contribution in [2.45, 2.75) is 31.0 Å². The molecule has 8 heteroatoms. The van der Waals surface area contributed by atoms with Gasteiger partial charge in [0.05, 0.1) is 4.90 Å². The average Bonchev–Trinajstić information content (AvgIpc) is 2.36. The molecule has 110 valence electrons. The molecule has 1 heterocycles. The summed E-state index contributed by atoms with van der Waals surface area (Å²) in [4.78, 5) is 12.0. The van der Waals surface area contributed by atoms with Gasteiger partial charge in [0, 0.05) is 13.1 Å². The summed E-state index contributed by atoms with van der Waals surface area (Å²) in [6.45, 7) is 1.44. The molecule has 0 radical (unpaired) electrons. The van der Waals surface area contributed by atoms with Crippen LogP contribution in [0.4, 0.5) is 13.2 Å². The highest BCUT2D eigenvalue weighted by molar-refractivity contribution is 7.79. The van der Waals surface area contributed by atoms with Crippen molar-refractivity contribution >= 4 is 17.0 Å². The van der Waals surface area contributed by atoms with Crippen molar-refractivity contribution in [3.05, 3.63) is 28.8 Å². The predicted molar refractivity (Wildman–Crippen MR) is 65.4 cm³/mol. The van der Waals surface area contributed by atoms with E-state index in [4.69, 9.17) is 0 Å². The number of halogens is 3. The highest BCUT2D eigenvalue weighted by atomic mass is 32.2. The van der Waals surface area contributed by atoms with E-state index in [1.54, 1.807) is 13.0 Å². The molecule has 1 aromatic rings. The van der Waals surface area contributed by atoms with Crippen LogP contribution >= 0.6 is 0 Å². The average molecular weight is 307 g/mol. The third-order valence-electron chi connectivity index (χ3n) is 3.32. The number of benzene rings is 1. The number of carbonyl (C=O) groups excluding carboxylic acids is 1. The molecule has 1 aromatic carbocycles. The van der Waals surface area contributed by atoms with Crippen LogP contribution in [0.1, 0.15) is 16.7 Å². The Balaban J connectivity index is 2.40. The summed E-state index contributed by atoms with van der Waals surface area (Å²) in [6.07, 6.45) is -4.69. The van der Waals surface area contributed by atoms with E-state index >= 15 is 0 Å². The zero-order valence-corrected chi connectivity index (χ0v) is 11.3. The number of nitrogens with zero attached hydrogens (tertiary/aromatic N) is 1. The molecule has 20 heavy (non-hydrogen) atoms. The Morgan fingerprint density at radius 1 is 1.35 bits per heavy atom. The molecule has 4 nitrogen and oxygen atoms in total. The highest BCUT2D eigenvalue weighted by Gasteiger charge is 2.43. The number of amides is 1. The van der Waals surface area contributed by atoms with Crippen LogP contribution in [0, 0.1) is 6.92 Å². The molecule has 1 atom stereocenters. The molecule has 0 spiro atoms. The Kier molecular flexibility index (Phi) is 3.88. The maximum atomic E-state index is 12.4. The summed E-state index contributed by atoms with van der Waals surface area (Å²) < 4.78 is 57.8. The van der Waals surface area contributed by atoms with Crippen LogP contribution in [-0.4, -0.2) is 32.3 Å². The smallest absolute Gasteiger partial charge is 0.330 e. The number of alkyl halides is 3. The Labute approximate surface area is 115 Å². The summed E-state index contributed by atoms with van der Waals surface area (Å²) in [5.74, 6) is -1.92. The van der Waals surface area contributed by atoms with Gasteiger partial charge in [0.25, 0.3) is 0 Å². The lowest BCUT2D eigenvalue weighted by Gasteiger charge is -2.31. The monoisotopic (exact) mass is 307 g/mol. The fourth-order valence-corrected chi connectivity index (χ4v) is 2.93. The van der Waals surface area contributed by atoms with Crippen molar-refractivity contribution < 1.29 is 26.7 Å². The molecule has 0 bridgehead atoms. The Hall–Kier alpha value is -1.41. The quantitative estimate of drug-likeness (QED) is 0.808. The molecular weight excluding hydrogens is 295 g/mol. The number of aryl methyl sites for hydroxylation is 1. The second-order valence-electron chi connectivity index (χ2n) is 4.56. The molecule has 1 aliphatic rings. The molecule has 1 aliphatic heterocycles. The van der Waals surface area contributed by atoms with Crippen molar-refractivity contribution in [3.8, 4) is 0 Å². The number of hydrogen-bond acceptors (Lipinski definition) is 2. The van der Waals surface area contributed by atoms with Gasteiger partial charge in [-0.25, -0.2) is 4.21 Å². The summed E-state index contributed by atoms with van der Waals surface area (Å²) >= 11 is -2.30. The first-order valence-electron chi connectivity index (χ1n) is 5.80. The summed E-state index contributed by atoms with van der Waals surface area (Å²) in [7, 11) is 0. The first-order chi connectivity index (χ1) is 9.21. The number of fused-ring (bicyclic) bond motifs is 1. The van der Waals surface area contributed by atoms with Crippen molar-refractivity contribution in [2.24, 2.45) is 0 Å². The van der Waals surface area contributed by atoms with Crippen LogP contribution in [0.2, 0.25) is 0 Å².